The van der Waals surface area contributed by atoms with Crippen molar-refractivity contribution in [3.05, 3.63) is 33.4 Å². The van der Waals surface area contributed by atoms with Gasteiger partial charge in [0.05, 0.1) is 0 Å². The zero-order valence-corrected chi connectivity index (χ0v) is 11.9. The van der Waals surface area contributed by atoms with Crippen molar-refractivity contribution < 1.29 is 4.79 Å². The summed E-state index contributed by atoms with van der Waals surface area (Å²) >= 11 is 0. The van der Waals surface area contributed by atoms with E-state index in [1.54, 1.807) is 11.4 Å². The first kappa shape index (κ1) is 14.3. The molecular formula is C13H19N5O2. The molecule has 2 aromatic heterocycles. The fourth-order valence-electron chi connectivity index (χ4n) is 2.07. The number of carbonyl (C=O) groups is 1. The van der Waals surface area contributed by atoms with Crippen molar-refractivity contribution >= 4 is 11.6 Å². The van der Waals surface area contributed by atoms with Crippen LogP contribution in [0.1, 0.15) is 23.9 Å². The maximum Gasteiger partial charge on any atom is 0.266 e. The third kappa shape index (κ3) is 2.57. The molecule has 2 aromatic rings. The minimum Gasteiger partial charge on any atom is -0.352 e. The lowest BCUT2D eigenvalue weighted by Crippen LogP contribution is -2.33. The molecule has 1 amide bonds. The zero-order valence-electron chi connectivity index (χ0n) is 11.9. The number of aryl methyl sites for hydroxylation is 2. The van der Waals surface area contributed by atoms with Crippen LogP contribution in [0, 0.1) is 19.8 Å². The molecular weight excluding hydrogens is 258 g/mol. The first-order valence-electron chi connectivity index (χ1n) is 6.49. The Morgan fingerprint density at radius 2 is 2.25 bits per heavy atom. The Balaban J connectivity index is 2.30. The molecule has 2 rings (SSSR count). The summed E-state index contributed by atoms with van der Waals surface area (Å²) in [5.74, 6) is -0.314. The van der Waals surface area contributed by atoms with Crippen LogP contribution in [0.3, 0.4) is 0 Å². The molecule has 0 aromatic carbocycles. The second-order valence-electron chi connectivity index (χ2n) is 4.93. The molecule has 1 unspecified atom stereocenters. The lowest BCUT2D eigenvalue weighted by atomic mass is 10.1. The van der Waals surface area contributed by atoms with Gasteiger partial charge in [-0.3, -0.25) is 14.7 Å². The van der Waals surface area contributed by atoms with Crippen molar-refractivity contribution in [2.75, 3.05) is 6.54 Å². The van der Waals surface area contributed by atoms with E-state index in [2.05, 4.69) is 15.4 Å². The van der Waals surface area contributed by atoms with Gasteiger partial charge in [0.15, 0.2) is 5.65 Å². The summed E-state index contributed by atoms with van der Waals surface area (Å²) in [5, 5.41) is 5.52. The molecule has 0 radical (unpaired) electrons. The van der Waals surface area contributed by atoms with E-state index in [9.17, 15) is 9.59 Å². The van der Waals surface area contributed by atoms with Gasteiger partial charge >= 0.3 is 0 Å². The summed E-state index contributed by atoms with van der Waals surface area (Å²) in [6, 6.07) is 1.44. The highest BCUT2D eigenvalue weighted by Gasteiger charge is 2.14. The van der Waals surface area contributed by atoms with Gasteiger partial charge in [0.1, 0.15) is 0 Å². The number of hydrogen-bond acceptors (Lipinski definition) is 4. The number of aromatic amines is 1. The van der Waals surface area contributed by atoms with E-state index < -0.39 is 0 Å². The van der Waals surface area contributed by atoms with E-state index in [0.29, 0.717) is 18.7 Å². The van der Waals surface area contributed by atoms with Gasteiger partial charge in [-0.2, -0.15) is 0 Å². The van der Waals surface area contributed by atoms with Crippen LogP contribution in [0.25, 0.3) is 5.65 Å². The molecule has 4 N–H and O–H groups in total. The zero-order chi connectivity index (χ0) is 14.9. The summed E-state index contributed by atoms with van der Waals surface area (Å²) in [5.41, 5.74) is 8.39. The quantitative estimate of drug-likeness (QED) is 0.722. The number of nitrogens with zero attached hydrogens (tertiary/aromatic N) is 2. The van der Waals surface area contributed by atoms with Crippen LogP contribution < -0.4 is 16.6 Å². The van der Waals surface area contributed by atoms with E-state index in [1.165, 1.54) is 6.07 Å². The molecule has 0 aliphatic heterocycles. The summed E-state index contributed by atoms with van der Waals surface area (Å²) in [6.07, 6.45) is 0. The maximum atomic E-state index is 11.8. The lowest BCUT2D eigenvalue weighted by Gasteiger charge is -2.14. The normalized spacial score (nSPS) is 12.6. The Kier molecular flexibility index (Phi) is 3.89. The van der Waals surface area contributed by atoms with Gasteiger partial charge in [-0.05, 0) is 13.8 Å². The van der Waals surface area contributed by atoms with Crippen molar-refractivity contribution in [3.63, 3.8) is 0 Å². The first-order chi connectivity index (χ1) is 9.43. The van der Waals surface area contributed by atoms with E-state index >= 15 is 0 Å². The largest absolute Gasteiger partial charge is 0.352 e. The number of carbonyl (C=O) groups excluding carboxylic acids is 1. The van der Waals surface area contributed by atoms with Crippen LogP contribution in [0.4, 0.5) is 0 Å². The van der Waals surface area contributed by atoms with E-state index in [4.69, 9.17) is 5.73 Å². The van der Waals surface area contributed by atoms with Crippen LogP contribution in [0.15, 0.2) is 10.9 Å². The van der Waals surface area contributed by atoms with Crippen LogP contribution in [-0.2, 0) is 11.3 Å². The Labute approximate surface area is 116 Å². The Hall–Kier alpha value is -2.15. The van der Waals surface area contributed by atoms with Gasteiger partial charge in [-0.25, -0.2) is 9.50 Å². The molecule has 2 heterocycles. The summed E-state index contributed by atoms with van der Waals surface area (Å²) < 4.78 is 1.63. The number of amides is 1. The van der Waals surface area contributed by atoms with E-state index in [1.807, 2.05) is 13.8 Å². The summed E-state index contributed by atoms with van der Waals surface area (Å²) in [4.78, 5) is 27.5. The van der Waals surface area contributed by atoms with Crippen LogP contribution in [-0.4, -0.2) is 27.0 Å². The molecule has 0 spiro atoms. The second-order valence-corrected chi connectivity index (χ2v) is 4.93. The minimum absolute atomic E-state index is 0.0904. The molecule has 0 saturated carbocycles. The number of aromatic nitrogens is 3. The molecule has 7 nitrogen and oxygen atoms in total. The fourth-order valence-corrected chi connectivity index (χ4v) is 2.07. The van der Waals surface area contributed by atoms with E-state index in [-0.39, 0.29) is 17.4 Å². The molecule has 108 valence electrons. The number of nitrogens with two attached hydrogens (primary N) is 1. The smallest absolute Gasteiger partial charge is 0.266 e. The third-order valence-corrected chi connectivity index (χ3v) is 3.44. The van der Waals surface area contributed by atoms with Gasteiger partial charge in [-0.1, -0.05) is 6.92 Å². The molecule has 0 saturated heterocycles. The van der Waals surface area contributed by atoms with Crippen molar-refractivity contribution in [3.8, 4) is 0 Å². The fraction of sp³-hybridized carbons (Fsp3) is 0.462. The van der Waals surface area contributed by atoms with Crippen LogP contribution in [0.5, 0.6) is 0 Å². The monoisotopic (exact) mass is 277 g/mol. The molecule has 0 aliphatic rings. The standard InChI is InChI=1S/C13H19N5O2/c1-7(5-14)13(20)15-6-10-8(2)16-11-4-12(19)17-18(11)9(10)3/h4,7H,5-6,14H2,1-3H3,(H,15,20)(H,17,19). The lowest BCUT2D eigenvalue weighted by molar-refractivity contribution is -0.124. The highest BCUT2D eigenvalue weighted by molar-refractivity contribution is 5.78. The highest BCUT2D eigenvalue weighted by Crippen LogP contribution is 2.13. The van der Waals surface area contributed by atoms with Gasteiger partial charge in [0.25, 0.3) is 5.56 Å². The molecule has 0 fully saturated rings. The van der Waals surface area contributed by atoms with Crippen molar-refractivity contribution in [1.82, 2.24) is 19.9 Å². The van der Waals surface area contributed by atoms with Gasteiger partial charge < -0.3 is 11.1 Å². The van der Waals surface area contributed by atoms with Gasteiger partial charge in [0, 0.05) is 42.0 Å². The maximum absolute atomic E-state index is 11.8. The van der Waals surface area contributed by atoms with Crippen LogP contribution >= 0.6 is 0 Å². The summed E-state index contributed by atoms with van der Waals surface area (Å²) in [6.45, 7) is 6.19. The summed E-state index contributed by atoms with van der Waals surface area (Å²) in [7, 11) is 0. The average molecular weight is 277 g/mol. The highest BCUT2D eigenvalue weighted by atomic mass is 16.2. The first-order valence-corrected chi connectivity index (χ1v) is 6.49. The Morgan fingerprint density at radius 1 is 1.55 bits per heavy atom. The molecule has 7 heteroatoms. The molecule has 20 heavy (non-hydrogen) atoms. The van der Waals surface area contributed by atoms with Crippen molar-refractivity contribution in [2.24, 2.45) is 11.7 Å². The molecule has 0 aliphatic carbocycles. The van der Waals surface area contributed by atoms with Gasteiger partial charge in [0.2, 0.25) is 5.91 Å². The number of fused-ring (bicyclic) bond motifs is 1. The Bertz CT molecular complexity index is 701. The SMILES string of the molecule is Cc1nc2cc(=O)[nH]n2c(C)c1CNC(=O)C(C)CN. The van der Waals surface area contributed by atoms with Crippen LogP contribution in [0.2, 0.25) is 0 Å². The van der Waals surface area contributed by atoms with Gasteiger partial charge in [-0.15, -0.1) is 0 Å². The van der Waals surface area contributed by atoms with Crippen molar-refractivity contribution in [2.45, 2.75) is 27.3 Å². The number of nitrogens with one attached hydrogen (secondary N) is 2. The second kappa shape index (κ2) is 5.46. The third-order valence-electron chi connectivity index (χ3n) is 3.44. The number of hydrogen-bond donors (Lipinski definition) is 3. The predicted molar refractivity (Wildman–Crippen MR) is 75.4 cm³/mol. The molecule has 0 bridgehead atoms. The molecule has 1 atom stereocenters. The number of H-pyrrole nitrogens is 1. The topological polar surface area (TPSA) is 105 Å². The van der Waals surface area contributed by atoms with E-state index in [0.717, 1.165) is 17.0 Å². The predicted octanol–water partition coefficient (Wildman–Crippen LogP) is -0.150. The minimum atomic E-state index is -0.223. The Morgan fingerprint density at radius 3 is 2.90 bits per heavy atom. The van der Waals surface area contributed by atoms with Crippen molar-refractivity contribution in [1.29, 1.82) is 0 Å². The average Bonchev–Trinajstić information content (AvgIpc) is 2.77. The number of rotatable bonds is 4.